The lowest BCUT2D eigenvalue weighted by molar-refractivity contribution is 0.255. The minimum Gasteiger partial charge on any atom is -0.394 e. The van der Waals surface area contributed by atoms with E-state index in [-0.39, 0.29) is 12.6 Å². The molecule has 1 fully saturated rings. The zero-order chi connectivity index (χ0) is 13.1. The molecule has 1 atom stereocenters. The summed E-state index contributed by atoms with van der Waals surface area (Å²) in [6.07, 6.45) is 2.42. The van der Waals surface area contributed by atoms with Gasteiger partial charge < -0.3 is 15.7 Å². The number of nitrogens with two attached hydrogens (primary N) is 1. The molecule has 3 nitrogen and oxygen atoms in total. The van der Waals surface area contributed by atoms with Crippen molar-refractivity contribution in [2.75, 3.05) is 26.7 Å². The van der Waals surface area contributed by atoms with Crippen LogP contribution in [0, 0.1) is 0 Å². The van der Waals surface area contributed by atoms with Gasteiger partial charge in [0.25, 0.3) is 0 Å². The lowest BCUT2D eigenvalue weighted by Crippen LogP contribution is -2.29. The monoisotopic (exact) mass is 312 g/mol. The molecule has 0 aliphatic carbocycles. The third-order valence-electron chi connectivity index (χ3n) is 3.81. The van der Waals surface area contributed by atoms with Gasteiger partial charge in [0.2, 0.25) is 0 Å². The van der Waals surface area contributed by atoms with E-state index in [1.807, 2.05) is 6.07 Å². The lowest BCUT2D eigenvalue weighted by atomic mass is 9.89. The summed E-state index contributed by atoms with van der Waals surface area (Å²) in [5.74, 6) is 0.634. The van der Waals surface area contributed by atoms with E-state index in [2.05, 4.69) is 40.0 Å². The number of benzene rings is 1. The molecule has 2 rings (SSSR count). The minimum atomic E-state index is -0.284. The Bertz CT molecular complexity index is 403. The zero-order valence-corrected chi connectivity index (χ0v) is 12.4. The molecule has 1 unspecified atom stereocenters. The van der Waals surface area contributed by atoms with Gasteiger partial charge in [0.15, 0.2) is 0 Å². The second-order valence-electron chi connectivity index (χ2n) is 5.15. The molecule has 0 aromatic heterocycles. The molecule has 1 saturated heterocycles. The van der Waals surface area contributed by atoms with E-state index in [1.54, 1.807) is 0 Å². The van der Waals surface area contributed by atoms with E-state index < -0.39 is 0 Å². The van der Waals surface area contributed by atoms with Crippen molar-refractivity contribution >= 4 is 15.9 Å². The van der Waals surface area contributed by atoms with Gasteiger partial charge in [-0.3, -0.25) is 0 Å². The Labute approximate surface area is 117 Å². The predicted molar refractivity (Wildman–Crippen MR) is 77.6 cm³/mol. The Morgan fingerprint density at radius 3 is 2.67 bits per heavy atom. The van der Waals surface area contributed by atoms with E-state index in [9.17, 15) is 0 Å². The molecular weight excluding hydrogens is 292 g/mol. The fraction of sp³-hybridized carbons (Fsp3) is 0.571. The smallest absolute Gasteiger partial charge is 0.0624 e. The summed E-state index contributed by atoms with van der Waals surface area (Å²) in [4.78, 5) is 2.38. The normalized spacial score (nSPS) is 20.0. The SMILES string of the molecule is CN1CCC(c2ccc(C(N)CO)cc2Br)CC1. The van der Waals surface area contributed by atoms with Crippen LogP contribution >= 0.6 is 15.9 Å². The molecule has 0 amide bonds. The molecule has 4 heteroatoms. The van der Waals surface area contributed by atoms with E-state index in [1.165, 1.54) is 18.4 Å². The molecule has 18 heavy (non-hydrogen) atoms. The fourth-order valence-electron chi connectivity index (χ4n) is 2.53. The summed E-state index contributed by atoms with van der Waals surface area (Å²) in [6.45, 7) is 2.31. The van der Waals surface area contributed by atoms with Gasteiger partial charge in [-0.05, 0) is 56.1 Å². The van der Waals surface area contributed by atoms with Crippen LogP contribution in [0.4, 0.5) is 0 Å². The average Bonchev–Trinajstić information content (AvgIpc) is 2.39. The Morgan fingerprint density at radius 1 is 1.44 bits per heavy atom. The van der Waals surface area contributed by atoms with Crippen molar-refractivity contribution in [2.45, 2.75) is 24.8 Å². The van der Waals surface area contributed by atoms with Crippen LogP contribution in [-0.2, 0) is 0 Å². The average molecular weight is 313 g/mol. The number of hydrogen-bond donors (Lipinski definition) is 2. The molecule has 0 radical (unpaired) electrons. The Hall–Kier alpha value is -0.420. The van der Waals surface area contributed by atoms with Gasteiger partial charge in [-0.2, -0.15) is 0 Å². The summed E-state index contributed by atoms with van der Waals surface area (Å²) >= 11 is 3.64. The first-order valence-corrected chi connectivity index (χ1v) is 7.25. The Kier molecular flexibility index (Phi) is 4.78. The predicted octanol–water partition coefficient (Wildman–Crippen LogP) is 2.25. The molecular formula is C14H21BrN2O. The van der Waals surface area contributed by atoms with Gasteiger partial charge in [-0.15, -0.1) is 0 Å². The highest BCUT2D eigenvalue weighted by molar-refractivity contribution is 9.10. The minimum absolute atomic E-state index is 0.0139. The maximum atomic E-state index is 9.08. The van der Waals surface area contributed by atoms with Crippen LogP contribution in [0.2, 0.25) is 0 Å². The first-order valence-electron chi connectivity index (χ1n) is 6.46. The number of aliphatic hydroxyl groups excluding tert-OH is 1. The Balaban J connectivity index is 2.14. The number of likely N-dealkylation sites (tertiary alicyclic amines) is 1. The molecule has 0 spiro atoms. The summed E-state index contributed by atoms with van der Waals surface area (Å²) in [5.41, 5.74) is 8.19. The van der Waals surface area contributed by atoms with Gasteiger partial charge in [-0.25, -0.2) is 0 Å². The molecule has 0 bridgehead atoms. The highest BCUT2D eigenvalue weighted by Gasteiger charge is 2.20. The van der Waals surface area contributed by atoms with Gasteiger partial charge in [0, 0.05) is 4.47 Å². The van der Waals surface area contributed by atoms with E-state index in [4.69, 9.17) is 10.8 Å². The van der Waals surface area contributed by atoms with Crippen molar-refractivity contribution in [3.8, 4) is 0 Å². The van der Waals surface area contributed by atoms with E-state index in [0.717, 1.165) is 23.1 Å². The molecule has 1 aliphatic heterocycles. The van der Waals surface area contributed by atoms with E-state index >= 15 is 0 Å². The van der Waals surface area contributed by atoms with Gasteiger partial charge in [-0.1, -0.05) is 28.1 Å². The highest BCUT2D eigenvalue weighted by Crippen LogP contribution is 2.33. The first-order chi connectivity index (χ1) is 8.61. The third kappa shape index (κ3) is 3.12. The highest BCUT2D eigenvalue weighted by atomic mass is 79.9. The Morgan fingerprint density at radius 2 is 2.11 bits per heavy atom. The van der Waals surface area contributed by atoms with Crippen molar-refractivity contribution in [2.24, 2.45) is 5.73 Å². The van der Waals surface area contributed by atoms with Crippen molar-refractivity contribution in [1.82, 2.24) is 4.90 Å². The molecule has 3 N–H and O–H groups in total. The van der Waals surface area contributed by atoms with Crippen molar-refractivity contribution in [1.29, 1.82) is 0 Å². The van der Waals surface area contributed by atoms with Crippen molar-refractivity contribution < 1.29 is 5.11 Å². The number of hydrogen-bond acceptors (Lipinski definition) is 3. The number of piperidine rings is 1. The van der Waals surface area contributed by atoms with Crippen LogP contribution in [0.25, 0.3) is 0 Å². The standard InChI is InChI=1S/C14H21BrN2O/c1-17-6-4-10(5-7-17)12-3-2-11(8-13(12)15)14(16)9-18/h2-3,8,10,14,18H,4-7,9,16H2,1H3. The van der Waals surface area contributed by atoms with Crippen LogP contribution < -0.4 is 5.73 Å². The van der Waals surface area contributed by atoms with Crippen LogP contribution in [-0.4, -0.2) is 36.8 Å². The quantitative estimate of drug-likeness (QED) is 0.900. The lowest BCUT2D eigenvalue weighted by Gasteiger charge is -2.30. The van der Waals surface area contributed by atoms with Crippen molar-refractivity contribution in [3.05, 3.63) is 33.8 Å². The summed E-state index contributed by atoms with van der Waals surface area (Å²) in [6, 6.07) is 5.96. The number of nitrogens with zero attached hydrogens (tertiary/aromatic N) is 1. The van der Waals surface area contributed by atoms with E-state index in [0.29, 0.717) is 5.92 Å². The molecule has 100 valence electrons. The fourth-order valence-corrected chi connectivity index (χ4v) is 3.25. The molecule has 1 aromatic rings. The van der Waals surface area contributed by atoms with Crippen LogP contribution in [0.15, 0.2) is 22.7 Å². The second-order valence-corrected chi connectivity index (χ2v) is 6.00. The number of rotatable bonds is 3. The summed E-state index contributed by atoms with van der Waals surface area (Å²) in [5, 5.41) is 9.08. The second kappa shape index (κ2) is 6.15. The van der Waals surface area contributed by atoms with Gasteiger partial charge in [0.05, 0.1) is 12.6 Å². The number of halogens is 1. The molecule has 1 heterocycles. The van der Waals surface area contributed by atoms with Crippen LogP contribution in [0.1, 0.15) is 35.9 Å². The maximum Gasteiger partial charge on any atom is 0.0624 e. The first kappa shape index (κ1) is 14.0. The maximum absolute atomic E-state index is 9.08. The largest absolute Gasteiger partial charge is 0.394 e. The third-order valence-corrected chi connectivity index (χ3v) is 4.49. The number of aliphatic hydroxyl groups is 1. The molecule has 0 saturated carbocycles. The van der Waals surface area contributed by atoms with Crippen molar-refractivity contribution in [3.63, 3.8) is 0 Å². The van der Waals surface area contributed by atoms with Gasteiger partial charge >= 0.3 is 0 Å². The zero-order valence-electron chi connectivity index (χ0n) is 10.8. The summed E-state index contributed by atoms with van der Waals surface area (Å²) < 4.78 is 1.12. The van der Waals surface area contributed by atoms with Gasteiger partial charge in [0.1, 0.15) is 0 Å². The summed E-state index contributed by atoms with van der Waals surface area (Å²) in [7, 11) is 2.18. The molecule has 1 aliphatic rings. The molecule has 1 aromatic carbocycles. The van der Waals surface area contributed by atoms with Crippen LogP contribution in [0.5, 0.6) is 0 Å². The topological polar surface area (TPSA) is 49.5 Å². The van der Waals surface area contributed by atoms with Crippen LogP contribution in [0.3, 0.4) is 0 Å².